The van der Waals surface area contributed by atoms with Gasteiger partial charge in [0.15, 0.2) is 16.7 Å². The molecular weight excluding hydrogens is 422 g/mol. The Bertz CT molecular complexity index is 1080. The highest BCUT2D eigenvalue weighted by molar-refractivity contribution is 7.13. The molecule has 1 spiro atoms. The monoisotopic (exact) mass is 442 g/mol. The van der Waals surface area contributed by atoms with Crippen LogP contribution in [0.5, 0.6) is 11.5 Å². The van der Waals surface area contributed by atoms with Gasteiger partial charge in [-0.25, -0.2) is 18.7 Å². The fraction of sp³-hybridized carbons (Fsp3) is 0.318. The first-order chi connectivity index (χ1) is 15.0. The van der Waals surface area contributed by atoms with Crippen LogP contribution in [0, 0.1) is 23.0 Å². The molecule has 0 bridgehead atoms. The first-order valence-electron chi connectivity index (χ1n) is 10.1. The van der Waals surface area contributed by atoms with Crippen molar-refractivity contribution in [2.24, 2.45) is 11.3 Å². The zero-order valence-electron chi connectivity index (χ0n) is 16.6. The van der Waals surface area contributed by atoms with Crippen LogP contribution in [0.3, 0.4) is 0 Å². The molecule has 1 aliphatic carbocycles. The normalized spacial score (nSPS) is 19.3. The molecule has 6 nitrogen and oxygen atoms in total. The minimum atomic E-state index is -0.794. The predicted molar refractivity (Wildman–Crippen MR) is 113 cm³/mol. The number of pyridine rings is 1. The van der Waals surface area contributed by atoms with Crippen molar-refractivity contribution in [2.75, 3.05) is 23.3 Å². The number of halogens is 2. The molecule has 1 N–H and O–H groups in total. The van der Waals surface area contributed by atoms with Crippen molar-refractivity contribution in [3.05, 3.63) is 59.7 Å². The van der Waals surface area contributed by atoms with Crippen molar-refractivity contribution < 1.29 is 18.3 Å². The van der Waals surface area contributed by atoms with E-state index >= 15 is 0 Å². The number of piperidine rings is 1. The SMILES string of the molecule is O=C(Nc1ccc(Oc2ccc(F)cc2F)cn1)C1CC12CCN(c1nccs1)CC2. The third-order valence-corrected chi connectivity index (χ3v) is 6.90. The molecule has 9 heteroatoms. The number of hydrogen-bond donors (Lipinski definition) is 1. The first-order valence-corrected chi connectivity index (χ1v) is 10.9. The number of hydrogen-bond acceptors (Lipinski definition) is 6. The van der Waals surface area contributed by atoms with E-state index < -0.39 is 11.6 Å². The van der Waals surface area contributed by atoms with E-state index in [-0.39, 0.29) is 23.0 Å². The zero-order chi connectivity index (χ0) is 21.4. The number of nitrogens with one attached hydrogen (secondary N) is 1. The summed E-state index contributed by atoms with van der Waals surface area (Å²) in [5, 5.41) is 5.89. The van der Waals surface area contributed by atoms with Crippen LogP contribution in [0.1, 0.15) is 19.3 Å². The third kappa shape index (κ3) is 4.10. The lowest BCUT2D eigenvalue weighted by atomic mass is 9.91. The van der Waals surface area contributed by atoms with E-state index in [0.717, 1.165) is 49.6 Å². The maximum Gasteiger partial charge on any atom is 0.229 e. The second-order valence-electron chi connectivity index (χ2n) is 7.97. The second-order valence-corrected chi connectivity index (χ2v) is 8.84. The van der Waals surface area contributed by atoms with Gasteiger partial charge in [0.2, 0.25) is 5.91 Å². The van der Waals surface area contributed by atoms with Gasteiger partial charge >= 0.3 is 0 Å². The summed E-state index contributed by atoms with van der Waals surface area (Å²) in [5.41, 5.74) is 0.0843. The molecule has 0 radical (unpaired) electrons. The van der Waals surface area contributed by atoms with E-state index in [2.05, 4.69) is 20.2 Å². The van der Waals surface area contributed by atoms with Gasteiger partial charge in [0.25, 0.3) is 0 Å². The van der Waals surface area contributed by atoms with Crippen molar-refractivity contribution >= 4 is 28.2 Å². The minimum Gasteiger partial charge on any atom is -0.453 e. The van der Waals surface area contributed by atoms with Gasteiger partial charge in [-0.2, -0.15) is 0 Å². The van der Waals surface area contributed by atoms with Crippen molar-refractivity contribution in [3.63, 3.8) is 0 Å². The molecule has 2 aromatic heterocycles. The third-order valence-electron chi connectivity index (χ3n) is 6.06. The number of carbonyl (C=O) groups excluding carboxylic acids is 1. The highest BCUT2D eigenvalue weighted by atomic mass is 32.1. The van der Waals surface area contributed by atoms with Gasteiger partial charge in [-0.3, -0.25) is 4.79 Å². The van der Waals surface area contributed by atoms with Gasteiger partial charge in [-0.15, -0.1) is 11.3 Å². The lowest BCUT2D eigenvalue weighted by Crippen LogP contribution is -2.36. The molecule has 1 aliphatic heterocycles. The quantitative estimate of drug-likeness (QED) is 0.612. The minimum absolute atomic E-state index is 0.00279. The second kappa shape index (κ2) is 7.88. The largest absolute Gasteiger partial charge is 0.453 e. The van der Waals surface area contributed by atoms with Gasteiger partial charge in [0, 0.05) is 36.7 Å². The Hall–Kier alpha value is -3.07. The number of aromatic nitrogens is 2. The number of benzene rings is 1. The van der Waals surface area contributed by atoms with E-state index in [1.54, 1.807) is 23.5 Å². The average molecular weight is 442 g/mol. The standard InChI is InChI=1S/C22H20F2N4O2S/c23-14-1-3-18(17(24)11-14)30-15-2-4-19(26-13-15)27-20(29)16-12-22(16)5-8-28(9-6-22)21-25-7-10-31-21/h1-4,7,10-11,13,16H,5-6,8-9,12H2,(H,26,27,29). The molecule has 1 atom stereocenters. The van der Waals surface area contributed by atoms with Crippen LogP contribution in [-0.4, -0.2) is 29.0 Å². The average Bonchev–Trinajstić information content (AvgIpc) is 3.19. The molecule has 2 aliphatic rings. The van der Waals surface area contributed by atoms with Crippen molar-refractivity contribution in [2.45, 2.75) is 19.3 Å². The molecule has 3 aromatic rings. The van der Waals surface area contributed by atoms with Gasteiger partial charge in [-0.1, -0.05) is 0 Å². The van der Waals surface area contributed by atoms with E-state index in [9.17, 15) is 13.6 Å². The summed E-state index contributed by atoms with van der Waals surface area (Å²) in [5.74, 6) is -0.875. The van der Waals surface area contributed by atoms with Gasteiger partial charge in [-0.05, 0) is 48.9 Å². The lowest BCUT2D eigenvalue weighted by molar-refractivity contribution is -0.118. The van der Waals surface area contributed by atoms with E-state index in [1.807, 2.05) is 11.6 Å². The molecule has 2 fully saturated rings. The van der Waals surface area contributed by atoms with Crippen LogP contribution in [0.4, 0.5) is 19.7 Å². The van der Waals surface area contributed by atoms with Crippen molar-refractivity contribution in [1.29, 1.82) is 0 Å². The lowest BCUT2D eigenvalue weighted by Gasteiger charge is -2.32. The van der Waals surface area contributed by atoms with Gasteiger partial charge in [0.1, 0.15) is 17.4 Å². The van der Waals surface area contributed by atoms with Crippen LogP contribution in [-0.2, 0) is 4.79 Å². The van der Waals surface area contributed by atoms with Crippen LogP contribution in [0.15, 0.2) is 48.1 Å². The molecule has 1 aromatic carbocycles. The number of nitrogens with zero attached hydrogens (tertiary/aromatic N) is 3. The van der Waals surface area contributed by atoms with Crippen LogP contribution >= 0.6 is 11.3 Å². The summed E-state index contributed by atoms with van der Waals surface area (Å²) in [4.78, 5) is 23.6. The molecule has 1 saturated carbocycles. The molecule has 1 amide bonds. The Kier molecular flexibility index (Phi) is 5.05. The summed E-state index contributed by atoms with van der Waals surface area (Å²) < 4.78 is 32.1. The Labute approximate surface area is 181 Å². The highest BCUT2D eigenvalue weighted by Gasteiger charge is 2.58. The summed E-state index contributed by atoms with van der Waals surface area (Å²) >= 11 is 1.64. The van der Waals surface area contributed by atoms with Crippen LogP contribution in [0.2, 0.25) is 0 Å². The maximum absolute atomic E-state index is 13.7. The van der Waals surface area contributed by atoms with E-state index in [1.165, 1.54) is 12.3 Å². The number of carbonyl (C=O) groups is 1. The molecule has 1 saturated heterocycles. The van der Waals surface area contributed by atoms with Crippen molar-refractivity contribution in [1.82, 2.24) is 9.97 Å². The molecule has 160 valence electrons. The van der Waals surface area contributed by atoms with Crippen LogP contribution in [0.25, 0.3) is 0 Å². The number of amides is 1. The summed E-state index contributed by atoms with van der Waals surface area (Å²) in [6, 6.07) is 6.28. The Morgan fingerprint density at radius 3 is 2.71 bits per heavy atom. The molecule has 31 heavy (non-hydrogen) atoms. The maximum atomic E-state index is 13.7. The van der Waals surface area contributed by atoms with Gasteiger partial charge in [0.05, 0.1) is 6.20 Å². The summed E-state index contributed by atoms with van der Waals surface area (Å²) in [7, 11) is 0. The number of anilines is 2. The summed E-state index contributed by atoms with van der Waals surface area (Å²) in [6.07, 6.45) is 6.07. The number of ether oxygens (including phenoxy) is 1. The molecular formula is C22H20F2N4O2S. The smallest absolute Gasteiger partial charge is 0.229 e. The fourth-order valence-electron chi connectivity index (χ4n) is 4.20. The molecule has 3 heterocycles. The Morgan fingerprint density at radius 2 is 2.03 bits per heavy atom. The fourth-order valence-corrected chi connectivity index (χ4v) is 4.90. The highest BCUT2D eigenvalue weighted by Crippen LogP contribution is 2.59. The first kappa shape index (κ1) is 19.9. The summed E-state index contributed by atoms with van der Waals surface area (Å²) in [6.45, 7) is 1.84. The zero-order valence-corrected chi connectivity index (χ0v) is 17.4. The Balaban J connectivity index is 1.15. The van der Waals surface area contributed by atoms with E-state index in [4.69, 9.17) is 4.74 Å². The van der Waals surface area contributed by atoms with Crippen molar-refractivity contribution in [3.8, 4) is 11.5 Å². The topological polar surface area (TPSA) is 67.3 Å². The number of rotatable bonds is 5. The van der Waals surface area contributed by atoms with Crippen LogP contribution < -0.4 is 15.0 Å². The molecule has 1 unspecified atom stereocenters. The predicted octanol–water partition coefficient (Wildman–Crippen LogP) is 4.85. The molecule has 5 rings (SSSR count). The van der Waals surface area contributed by atoms with E-state index in [0.29, 0.717) is 11.6 Å². The van der Waals surface area contributed by atoms with Gasteiger partial charge < -0.3 is 15.0 Å². The Morgan fingerprint density at radius 1 is 1.19 bits per heavy atom. The number of thiazole rings is 1.